The summed E-state index contributed by atoms with van der Waals surface area (Å²) in [4.78, 5) is 4.67. The van der Waals surface area contributed by atoms with E-state index >= 15 is 0 Å². The van der Waals surface area contributed by atoms with Gasteiger partial charge < -0.3 is 15.0 Å². The maximum Gasteiger partial charge on any atom is 0.123 e. The van der Waals surface area contributed by atoms with Crippen molar-refractivity contribution >= 4 is 0 Å². The molecule has 1 aromatic rings. The van der Waals surface area contributed by atoms with Gasteiger partial charge in [0.15, 0.2) is 0 Å². The Morgan fingerprint density at radius 1 is 1.38 bits per heavy atom. The second-order valence-corrected chi connectivity index (χ2v) is 5.73. The van der Waals surface area contributed by atoms with E-state index in [0.29, 0.717) is 6.04 Å². The monoisotopic (exact) mass is 295 g/mol. The third-order valence-electron chi connectivity index (χ3n) is 4.23. The Bertz CT molecular complexity index is 469. The van der Waals surface area contributed by atoms with Crippen molar-refractivity contribution in [3.63, 3.8) is 0 Å². The summed E-state index contributed by atoms with van der Waals surface area (Å²) < 4.78 is 19.2. The molecule has 4 nitrogen and oxygen atoms in total. The molecular weight excluding hydrogens is 269 g/mol. The van der Waals surface area contributed by atoms with Crippen molar-refractivity contribution in [1.82, 2.24) is 15.1 Å². The standard InChI is InChI=1S/C16H26FN3O/c1-5-18-16(14-11-19(2)8-9-20(14)3)13-10-12(17)6-7-15(13)21-4/h6-7,10,14,16,18H,5,8-9,11H2,1-4H3. The molecule has 1 saturated heterocycles. The van der Waals surface area contributed by atoms with Gasteiger partial charge in [0.25, 0.3) is 0 Å². The lowest BCUT2D eigenvalue weighted by Crippen LogP contribution is -2.55. The van der Waals surface area contributed by atoms with Gasteiger partial charge >= 0.3 is 0 Å². The number of nitrogens with one attached hydrogen (secondary N) is 1. The maximum absolute atomic E-state index is 13.7. The van der Waals surface area contributed by atoms with E-state index in [-0.39, 0.29) is 11.9 Å². The Morgan fingerprint density at radius 3 is 2.81 bits per heavy atom. The summed E-state index contributed by atoms with van der Waals surface area (Å²) in [6.45, 7) is 5.93. The first-order valence-corrected chi connectivity index (χ1v) is 7.52. The molecule has 1 aliphatic heterocycles. The third-order valence-corrected chi connectivity index (χ3v) is 4.23. The quantitative estimate of drug-likeness (QED) is 0.895. The van der Waals surface area contributed by atoms with Gasteiger partial charge in [0.1, 0.15) is 11.6 Å². The molecule has 5 heteroatoms. The molecule has 2 rings (SSSR count). The van der Waals surface area contributed by atoms with Gasteiger partial charge in [-0.15, -0.1) is 0 Å². The highest BCUT2D eigenvalue weighted by molar-refractivity contribution is 5.37. The van der Waals surface area contributed by atoms with Crippen LogP contribution < -0.4 is 10.1 Å². The average Bonchev–Trinajstić information content (AvgIpc) is 2.47. The van der Waals surface area contributed by atoms with E-state index in [0.717, 1.165) is 37.5 Å². The number of likely N-dealkylation sites (N-methyl/N-ethyl adjacent to an activating group) is 3. The number of nitrogens with zero attached hydrogens (tertiary/aromatic N) is 2. The fourth-order valence-corrected chi connectivity index (χ4v) is 3.03. The fraction of sp³-hybridized carbons (Fsp3) is 0.625. The summed E-state index contributed by atoms with van der Waals surface area (Å²) in [6.07, 6.45) is 0. The largest absolute Gasteiger partial charge is 0.496 e. The van der Waals surface area contributed by atoms with Gasteiger partial charge in [-0.1, -0.05) is 6.92 Å². The van der Waals surface area contributed by atoms with Gasteiger partial charge in [-0.3, -0.25) is 4.90 Å². The molecule has 2 atom stereocenters. The molecule has 1 N–H and O–H groups in total. The molecule has 1 aliphatic rings. The number of piperazine rings is 1. The van der Waals surface area contributed by atoms with Crippen LogP contribution >= 0.6 is 0 Å². The molecule has 1 heterocycles. The van der Waals surface area contributed by atoms with Crippen LogP contribution in [0.2, 0.25) is 0 Å². The van der Waals surface area contributed by atoms with E-state index in [1.807, 2.05) is 0 Å². The Morgan fingerprint density at radius 2 is 2.14 bits per heavy atom. The van der Waals surface area contributed by atoms with Crippen LogP contribution in [0.1, 0.15) is 18.5 Å². The molecule has 1 fully saturated rings. The van der Waals surface area contributed by atoms with Gasteiger partial charge in [0, 0.05) is 31.2 Å². The minimum atomic E-state index is -0.222. The number of rotatable bonds is 5. The first-order valence-electron chi connectivity index (χ1n) is 7.52. The highest BCUT2D eigenvalue weighted by Gasteiger charge is 2.32. The van der Waals surface area contributed by atoms with Gasteiger partial charge in [-0.05, 0) is 38.8 Å². The number of hydrogen-bond acceptors (Lipinski definition) is 4. The third kappa shape index (κ3) is 3.73. The lowest BCUT2D eigenvalue weighted by Gasteiger charge is -2.42. The molecule has 0 amide bonds. The van der Waals surface area contributed by atoms with Crippen LogP contribution in [0.4, 0.5) is 4.39 Å². The number of methoxy groups -OCH3 is 1. The highest BCUT2D eigenvalue weighted by Crippen LogP contribution is 2.31. The van der Waals surface area contributed by atoms with Crippen molar-refractivity contribution in [2.75, 3.05) is 47.4 Å². The summed E-state index contributed by atoms with van der Waals surface area (Å²) in [5, 5.41) is 3.51. The zero-order chi connectivity index (χ0) is 15.4. The fourth-order valence-electron chi connectivity index (χ4n) is 3.03. The second kappa shape index (κ2) is 7.20. The van der Waals surface area contributed by atoms with Crippen molar-refractivity contribution in [3.05, 3.63) is 29.6 Å². The summed E-state index contributed by atoms with van der Waals surface area (Å²) in [5.41, 5.74) is 0.895. The normalized spacial score (nSPS) is 22.2. The first kappa shape index (κ1) is 16.2. The molecule has 0 aromatic heterocycles. The molecule has 0 saturated carbocycles. The van der Waals surface area contributed by atoms with Crippen molar-refractivity contribution in [1.29, 1.82) is 0 Å². The molecule has 0 radical (unpaired) electrons. The van der Waals surface area contributed by atoms with E-state index in [1.165, 1.54) is 6.07 Å². The minimum absolute atomic E-state index is 0.0494. The Balaban J connectivity index is 2.35. The summed E-state index contributed by atoms with van der Waals surface area (Å²) in [7, 11) is 5.90. The van der Waals surface area contributed by atoms with Gasteiger partial charge in [0.2, 0.25) is 0 Å². The summed E-state index contributed by atoms with van der Waals surface area (Å²) in [6, 6.07) is 5.09. The van der Waals surface area contributed by atoms with Crippen molar-refractivity contribution < 1.29 is 9.13 Å². The van der Waals surface area contributed by atoms with E-state index in [4.69, 9.17) is 4.74 Å². The van der Waals surface area contributed by atoms with Crippen molar-refractivity contribution in [2.24, 2.45) is 0 Å². The number of ether oxygens (including phenoxy) is 1. The number of hydrogen-bond donors (Lipinski definition) is 1. The van der Waals surface area contributed by atoms with Crippen LogP contribution in [0.5, 0.6) is 5.75 Å². The Hall–Kier alpha value is -1.17. The van der Waals surface area contributed by atoms with E-state index in [9.17, 15) is 4.39 Å². The van der Waals surface area contributed by atoms with E-state index in [2.05, 4.69) is 36.1 Å². The van der Waals surface area contributed by atoms with Crippen LogP contribution in [0.15, 0.2) is 18.2 Å². The summed E-state index contributed by atoms with van der Waals surface area (Å²) >= 11 is 0. The van der Waals surface area contributed by atoms with Crippen LogP contribution in [-0.4, -0.2) is 63.2 Å². The van der Waals surface area contributed by atoms with Gasteiger partial charge in [-0.2, -0.15) is 0 Å². The molecule has 21 heavy (non-hydrogen) atoms. The van der Waals surface area contributed by atoms with Crippen molar-refractivity contribution in [3.8, 4) is 5.75 Å². The predicted molar refractivity (Wildman–Crippen MR) is 83.3 cm³/mol. The number of halogens is 1. The molecular formula is C16H26FN3O. The topological polar surface area (TPSA) is 27.7 Å². The van der Waals surface area contributed by atoms with Crippen molar-refractivity contribution in [2.45, 2.75) is 19.0 Å². The van der Waals surface area contributed by atoms with Crippen LogP contribution in [0.25, 0.3) is 0 Å². The molecule has 0 aliphatic carbocycles. The minimum Gasteiger partial charge on any atom is -0.496 e. The smallest absolute Gasteiger partial charge is 0.123 e. The number of benzene rings is 1. The average molecular weight is 295 g/mol. The zero-order valence-corrected chi connectivity index (χ0v) is 13.4. The predicted octanol–water partition coefficient (Wildman–Crippen LogP) is 1.73. The van der Waals surface area contributed by atoms with Gasteiger partial charge in [-0.25, -0.2) is 4.39 Å². The highest BCUT2D eigenvalue weighted by atomic mass is 19.1. The molecule has 1 aromatic carbocycles. The first-order chi connectivity index (χ1) is 10.1. The lowest BCUT2D eigenvalue weighted by atomic mass is 9.95. The maximum atomic E-state index is 13.7. The van der Waals surface area contributed by atoms with E-state index in [1.54, 1.807) is 19.2 Å². The Labute approximate surface area is 126 Å². The van der Waals surface area contributed by atoms with Crippen LogP contribution in [0, 0.1) is 5.82 Å². The SMILES string of the molecule is CCNC(c1cc(F)ccc1OC)C1CN(C)CCN1C. The summed E-state index contributed by atoms with van der Waals surface area (Å²) in [5.74, 6) is 0.518. The molecule has 2 unspecified atom stereocenters. The molecule has 0 spiro atoms. The zero-order valence-electron chi connectivity index (χ0n) is 13.4. The lowest BCUT2D eigenvalue weighted by molar-refractivity contribution is 0.0872. The van der Waals surface area contributed by atoms with Crippen LogP contribution in [0.3, 0.4) is 0 Å². The van der Waals surface area contributed by atoms with Gasteiger partial charge in [0.05, 0.1) is 13.2 Å². The van der Waals surface area contributed by atoms with Crippen LogP contribution in [-0.2, 0) is 0 Å². The molecule has 118 valence electrons. The molecule has 0 bridgehead atoms. The second-order valence-electron chi connectivity index (χ2n) is 5.73. The van der Waals surface area contributed by atoms with E-state index < -0.39 is 0 Å². The Kier molecular flexibility index (Phi) is 5.56.